The van der Waals surface area contributed by atoms with Crippen molar-refractivity contribution in [3.05, 3.63) is 0 Å². The predicted molar refractivity (Wildman–Crippen MR) is 59.0 cm³/mol. The van der Waals surface area contributed by atoms with E-state index in [9.17, 15) is 9.59 Å². The fraction of sp³-hybridized carbons (Fsp3) is 0.833. The first-order valence-corrected chi connectivity index (χ1v) is 5.93. The molecule has 0 bridgehead atoms. The van der Waals surface area contributed by atoms with Crippen molar-refractivity contribution in [1.82, 2.24) is 0 Å². The SMILES string of the molecule is CCC(=O)OC(C)(CC1CCCC1)C(=O)O. The van der Waals surface area contributed by atoms with Gasteiger partial charge in [-0.25, -0.2) is 4.79 Å². The van der Waals surface area contributed by atoms with Crippen molar-refractivity contribution in [3.8, 4) is 0 Å². The molecule has 92 valence electrons. The molecule has 1 saturated carbocycles. The van der Waals surface area contributed by atoms with Crippen LogP contribution in [0.25, 0.3) is 0 Å². The molecule has 1 N–H and O–H groups in total. The lowest BCUT2D eigenvalue weighted by molar-refractivity contribution is -0.178. The first-order valence-electron chi connectivity index (χ1n) is 5.93. The summed E-state index contributed by atoms with van der Waals surface area (Å²) in [7, 11) is 0. The van der Waals surface area contributed by atoms with E-state index in [4.69, 9.17) is 9.84 Å². The second kappa shape index (κ2) is 5.32. The van der Waals surface area contributed by atoms with Gasteiger partial charge in [-0.2, -0.15) is 0 Å². The monoisotopic (exact) mass is 228 g/mol. The lowest BCUT2D eigenvalue weighted by Crippen LogP contribution is -2.41. The van der Waals surface area contributed by atoms with E-state index in [1.165, 1.54) is 6.92 Å². The molecular formula is C12H20O4. The molecule has 16 heavy (non-hydrogen) atoms. The standard InChI is InChI=1S/C12H20O4/c1-3-10(13)16-12(2,11(14)15)8-9-6-4-5-7-9/h9H,3-8H2,1-2H3,(H,14,15). The maximum absolute atomic E-state index is 11.2. The Kier molecular flexibility index (Phi) is 4.33. The van der Waals surface area contributed by atoms with E-state index in [-0.39, 0.29) is 6.42 Å². The summed E-state index contributed by atoms with van der Waals surface area (Å²) in [5.74, 6) is -1.10. The zero-order valence-corrected chi connectivity index (χ0v) is 9.99. The van der Waals surface area contributed by atoms with Crippen LogP contribution in [0.5, 0.6) is 0 Å². The average molecular weight is 228 g/mol. The summed E-state index contributed by atoms with van der Waals surface area (Å²) in [6.45, 7) is 3.17. The molecule has 0 aromatic heterocycles. The zero-order valence-electron chi connectivity index (χ0n) is 9.99. The number of carboxylic acid groups (broad SMARTS) is 1. The zero-order chi connectivity index (χ0) is 12.2. The number of carbonyl (C=O) groups is 2. The highest BCUT2D eigenvalue weighted by atomic mass is 16.6. The van der Waals surface area contributed by atoms with E-state index in [1.807, 2.05) is 0 Å². The lowest BCUT2D eigenvalue weighted by Gasteiger charge is -2.27. The highest BCUT2D eigenvalue weighted by molar-refractivity contribution is 5.81. The molecule has 0 heterocycles. The summed E-state index contributed by atoms with van der Waals surface area (Å²) in [6.07, 6.45) is 5.06. The van der Waals surface area contributed by atoms with Gasteiger partial charge in [-0.15, -0.1) is 0 Å². The van der Waals surface area contributed by atoms with Crippen LogP contribution in [0.15, 0.2) is 0 Å². The highest BCUT2D eigenvalue weighted by Gasteiger charge is 2.39. The van der Waals surface area contributed by atoms with Crippen LogP contribution in [-0.4, -0.2) is 22.6 Å². The molecule has 4 heteroatoms. The van der Waals surface area contributed by atoms with Gasteiger partial charge in [0.2, 0.25) is 5.60 Å². The van der Waals surface area contributed by atoms with Crippen LogP contribution >= 0.6 is 0 Å². The Morgan fingerprint density at radius 2 is 1.94 bits per heavy atom. The van der Waals surface area contributed by atoms with Gasteiger partial charge in [0.15, 0.2) is 0 Å². The van der Waals surface area contributed by atoms with Crippen molar-refractivity contribution >= 4 is 11.9 Å². The Balaban J connectivity index is 2.63. The first kappa shape index (κ1) is 13.0. The van der Waals surface area contributed by atoms with E-state index in [1.54, 1.807) is 6.92 Å². The molecule has 4 nitrogen and oxygen atoms in total. The van der Waals surface area contributed by atoms with Gasteiger partial charge in [-0.3, -0.25) is 4.79 Å². The van der Waals surface area contributed by atoms with E-state index in [0.29, 0.717) is 12.3 Å². The Morgan fingerprint density at radius 3 is 2.38 bits per heavy atom. The van der Waals surface area contributed by atoms with Crippen LogP contribution in [0.1, 0.15) is 52.4 Å². The molecule has 1 atom stereocenters. The molecule has 1 unspecified atom stereocenters. The Hall–Kier alpha value is -1.06. The summed E-state index contributed by atoms with van der Waals surface area (Å²) < 4.78 is 5.07. The van der Waals surface area contributed by atoms with Crippen molar-refractivity contribution in [3.63, 3.8) is 0 Å². The molecule has 0 spiro atoms. The fourth-order valence-corrected chi connectivity index (χ4v) is 2.26. The normalized spacial score (nSPS) is 20.4. The lowest BCUT2D eigenvalue weighted by atomic mass is 9.90. The van der Waals surface area contributed by atoms with Crippen molar-refractivity contribution < 1.29 is 19.4 Å². The van der Waals surface area contributed by atoms with Gasteiger partial charge in [-0.1, -0.05) is 32.6 Å². The van der Waals surface area contributed by atoms with Gasteiger partial charge in [0.25, 0.3) is 0 Å². The summed E-state index contributed by atoms with van der Waals surface area (Å²) in [6, 6.07) is 0. The van der Waals surface area contributed by atoms with Crippen LogP contribution in [-0.2, 0) is 14.3 Å². The van der Waals surface area contributed by atoms with Gasteiger partial charge in [-0.05, 0) is 12.8 Å². The predicted octanol–water partition coefficient (Wildman–Crippen LogP) is 2.36. The Morgan fingerprint density at radius 1 is 1.38 bits per heavy atom. The highest BCUT2D eigenvalue weighted by Crippen LogP contribution is 2.33. The number of hydrogen-bond acceptors (Lipinski definition) is 3. The molecule has 0 radical (unpaired) electrons. The third-order valence-corrected chi connectivity index (χ3v) is 3.23. The maximum Gasteiger partial charge on any atom is 0.347 e. The fourth-order valence-electron chi connectivity index (χ4n) is 2.26. The smallest absolute Gasteiger partial charge is 0.347 e. The Bertz CT molecular complexity index is 268. The molecule has 1 aliphatic rings. The molecular weight excluding hydrogens is 208 g/mol. The quantitative estimate of drug-likeness (QED) is 0.734. The molecule has 0 aromatic rings. The van der Waals surface area contributed by atoms with Crippen LogP contribution in [0, 0.1) is 5.92 Å². The number of ether oxygens (including phenoxy) is 1. The van der Waals surface area contributed by atoms with Crippen LogP contribution in [0.4, 0.5) is 0 Å². The van der Waals surface area contributed by atoms with E-state index in [2.05, 4.69) is 0 Å². The maximum atomic E-state index is 11.2. The third kappa shape index (κ3) is 3.22. The molecule has 0 aromatic carbocycles. The third-order valence-electron chi connectivity index (χ3n) is 3.23. The van der Waals surface area contributed by atoms with Crippen LogP contribution in [0.3, 0.4) is 0 Å². The van der Waals surface area contributed by atoms with Crippen molar-refractivity contribution in [2.75, 3.05) is 0 Å². The number of carbonyl (C=O) groups excluding carboxylic acids is 1. The minimum Gasteiger partial charge on any atom is -0.478 e. The largest absolute Gasteiger partial charge is 0.478 e. The van der Waals surface area contributed by atoms with Crippen molar-refractivity contribution in [1.29, 1.82) is 0 Å². The van der Waals surface area contributed by atoms with Gasteiger partial charge in [0.1, 0.15) is 0 Å². The molecule has 0 saturated heterocycles. The van der Waals surface area contributed by atoms with Crippen LogP contribution in [0.2, 0.25) is 0 Å². The molecule has 1 aliphatic carbocycles. The van der Waals surface area contributed by atoms with Crippen molar-refractivity contribution in [2.24, 2.45) is 5.92 Å². The molecule has 1 rings (SSSR count). The van der Waals surface area contributed by atoms with E-state index < -0.39 is 17.5 Å². The second-order valence-electron chi connectivity index (χ2n) is 4.72. The summed E-state index contributed by atoms with van der Waals surface area (Å²) >= 11 is 0. The second-order valence-corrected chi connectivity index (χ2v) is 4.72. The van der Waals surface area contributed by atoms with E-state index in [0.717, 1.165) is 25.7 Å². The van der Waals surface area contributed by atoms with Gasteiger partial charge in [0.05, 0.1) is 0 Å². The minimum atomic E-state index is -1.35. The first-order chi connectivity index (χ1) is 7.48. The summed E-state index contributed by atoms with van der Waals surface area (Å²) in [4.78, 5) is 22.4. The summed E-state index contributed by atoms with van der Waals surface area (Å²) in [5, 5.41) is 9.16. The van der Waals surface area contributed by atoms with Crippen molar-refractivity contribution in [2.45, 2.75) is 58.0 Å². The number of carboxylic acids is 1. The number of esters is 1. The number of aliphatic carboxylic acids is 1. The molecule has 0 aliphatic heterocycles. The number of rotatable bonds is 5. The topological polar surface area (TPSA) is 63.6 Å². The molecule has 1 fully saturated rings. The van der Waals surface area contributed by atoms with Gasteiger partial charge in [0, 0.05) is 12.8 Å². The van der Waals surface area contributed by atoms with Gasteiger partial charge >= 0.3 is 11.9 Å². The average Bonchev–Trinajstić information content (AvgIpc) is 2.69. The van der Waals surface area contributed by atoms with Crippen LogP contribution < -0.4 is 0 Å². The minimum absolute atomic E-state index is 0.216. The van der Waals surface area contributed by atoms with Gasteiger partial charge < -0.3 is 9.84 Å². The summed E-state index contributed by atoms with van der Waals surface area (Å²) in [5.41, 5.74) is -1.35. The van der Waals surface area contributed by atoms with E-state index >= 15 is 0 Å². The Labute approximate surface area is 96.0 Å². The number of hydrogen-bond donors (Lipinski definition) is 1. The molecule has 0 amide bonds.